The zero-order chi connectivity index (χ0) is 25.3. The summed E-state index contributed by atoms with van der Waals surface area (Å²) in [4.78, 5) is 20.6. The van der Waals surface area contributed by atoms with Gasteiger partial charge in [-0.15, -0.1) is 0 Å². The monoisotopic (exact) mass is 521 g/mol. The second-order valence-corrected chi connectivity index (χ2v) is 10.8. The molecule has 7 nitrogen and oxygen atoms in total. The number of ether oxygens (including phenoxy) is 1. The molecular weight excluding hydrogens is 491 g/mol. The number of halogens is 3. The van der Waals surface area contributed by atoms with Gasteiger partial charge in [-0.25, -0.2) is 4.98 Å². The SMILES string of the molecule is Cn1ncc2c(C(=O)NC3CCC(CCN4CCc5sc(OCC(F)(F)F)nc5C4)CC3)cccc21. The Morgan fingerprint density at radius 1 is 1.25 bits per heavy atom. The van der Waals surface area contributed by atoms with Crippen molar-refractivity contribution in [3.8, 4) is 5.19 Å². The number of nitrogens with zero attached hydrogens (tertiary/aromatic N) is 4. The number of benzene rings is 1. The van der Waals surface area contributed by atoms with Gasteiger partial charge < -0.3 is 10.1 Å². The van der Waals surface area contributed by atoms with Gasteiger partial charge in [-0.2, -0.15) is 18.3 Å². The highest BCUT2D eigenvalue weighted by atomic mass is 32.1. The summed E-state index contributed by atoms with van der Waals surface area (Å²) in [5.74, 6) is 0.574. The van der Waals surface area contributed by atoms with E-state index >= 15 is 0 Å². The number of carbonyl (C=O) groups is 1. The number of alkyl halides is 3. The molecule has 3 aromatic rings. The van der Waals surface area contributed by atoms with Gasteiger partial charge >= 0.3 is 6.18 Å². The van der Waals surface area contributed by atoms with Crippen molar-refractivity contribution >= 4 is 28.1 Å². The summed E-state index contributed by atoms with van der Waals surface area (Å²) in [6.07, 6.45) is 3.35. The first-order valence-corrected chi connectivity index (χ1v) is 13.2. The van der Waals surface area contributed by atoms with Crippen molar-refractivity contribution in [1.29, 1.82) is 0 Å². The maximum absolute atomic E-state index is 12.9. The Bertz CT molecular complexity index is 1220. The molecule has 11 heteroatoms. The fraction of sp³-hybridized carbons (Fsp3) is 0.560. The molecule has 194 valence electrons. The number of hydrogen-bond donors (Lipinski definition) is 1. The first-order chi connectivity index (χ1) is 17.2. The number of hydrogen-bond acceptors (Lipinski definition) is 6. The summed E-state index contributed by atoms with van der Waals surface area (Å²) in [6, 6.07) is 5.88. The fourth-order valence-corrected chi connectivity index (χ4v) is 6.13. The van der Waals surface area contributed by atoms with E-state index in [9.17, 15) is 18.0 Å². The average Bonchev–Trinajstić information content (AvgIpc) is 3.44. The Hall–Kier alpha value is -2.66. The molecule has 1 amide bonds. The van der Waals surface area contributed by atoms with Gasteiger partial charge in [0.05, 0.1) is 23.0 Å². The molecule has 36 heavy (non-hydrogen) atoms. The smallest absolute Gasteiger partial charge is 0.422 e. The van der Waals surface area contributed by atoms with Gasteiger partial charge in [0, 0.05) is 36.4 Å². The summed E-state index contributed by atoms with van der Waals surface area (Å²) in [7, 11) is 1.87. The van der Waals surface area contributed by atoms with E-state index in [1.807, 2.05) is 25.2 Å². The van der Waals surface area contributed by atoms with Crippen LogP contribution in [0.15, 0.2) is 24.4 Å². The van der Waals surface area contributed by atoms with E-state index < -0.39 is 12.8 Å². The van der Waals surface area contributed by atoms with Crippen LogP contribution in [0.3, 0.4) is 0 Å². The zero-order valence-corrected chi connectivity index (χ0v) is 21.0. The van der Waals surface area contributed by atoms with Gasteiger partial charge in [-0.1, -0.05) is 17.4 Å². The van der Waals surface area contributed by atoms with Crippen molar-refractivity contribution in [3.63, 3.8) is 0 Å². The van der Waals surface area contributed by atoms with E-state index in [2.05, 4.69) is 20.3 Å². The number of aryl methyl sites for hydroxylation is 1. The molecule has 2 aliphatic rings. The van der Waals surface area contributed by atoms with Crippen LogP contribution < -0.4 is 10.1 Å². The zero-order valence-electron chi connectivity index (χ0n) is 20.2. The highest BCUT2D eigenvalue weighted by molar-refractivity contribution is 7.13. The molecule has 0 atom stereocenters. The molecule has 1 N–H and O–H groups in total. The number of amides is 1. The van der Waals surface area contributed by atoms with Gasteiger partial charge in [0.1, 0.15) is 0 Å². The molecule has 1 aliphatic carbocycles. The van der Waals surface area contributed by atoms with Crippen molar-refractivity contribution in [2.75, 3.05) is 19.7 Å². The number of rotatable bonds is 7. The second kappa shape index (κ2) is 10.4. The van der Waals surface area contributed by atoms with Crippen LogP contribution in [0.25, 0.3) is 10.9 Å². The van der Waals surface area contributed by atoms with Gasteiger partial charge in [-0.05, 0) is 63.1 Å². The molecule has 0 spiro atoms. The molecule has 5 rings (SSSR count). The van der Waals surface area contributed by atoms with Crippen molar-refractivity contribution in [2.45, 2.75) is 57.3 Å². The Labute approximate surface area is 211 Å². The van der Waals surface area contributed by atoms with Crippen LogP contribution in [0.4, 0.5) is 13.2 Å². The van der Waals surface area contributed by atoms with Crippen LogP contribution in [-0.2, 0) is 20.0 Å². The maximum atomic E-state index is 12.9. The maximum Gasteiger partial charge on any atom is 0.422 e. The molecule has 0 saturated heterocycles. The molecule has 1 aromatic carbocycles. The topological polar surface area (TPSA) is 72.3 Å². The third kappa shape index (κ3) is 5.83. The highest BCUT2D eigenvalue weighted by Gasteiger charge is 2.30. The van der Waals surface area contributed by atoms with E-state index in [1.54, 1.807) is 10.9 Å². The summed E-state index contributed by atoms with van der Waals surface area (Å²) < 4.78 is 43.8. The standard InChI is InChI=1S/C25H30F3N5O2S/c1-32-21-4-2-3-18(19(21)13-29-32)23(34)30-17-7-5-16(6-8-17)9-11-33-12-10-22-20(14-33)31-24(36-22)35-15-25(26,27)28/h2-4,13,16-17H,5-12,14-15H2,1H3,(H,30,34). The lowest BCUT2D eigenvalue weighted by atomic mass is 9.84. The lowest BCUT2D eigenvalue weighted by Crippen LogP contribution is -2.38. The number of carbonyl (C=O) groups excluding carboxylic acids is 1. The fourth-order valence-electron chi connectivity index (χ4n) is 5.22. The molecule has 0 unspecified atom stereocenters. The summed E-state index contributed by atoms with van der Waals surface area (Å²) in [6.45, 7) is 1.19. The van der Waals surface area contributed by atoms with Gasteiger partial charge in [0.2, 0.25) is 0 Å². The number of nitrogens with one attached hydrogen (secondary N) is 1. The van der Waals surface area contributed by atoms with Gasteiger partial charge in [-0.3, -0.25) is 14.4 Å². The molecule has 1 aliphatic heterocycles. The van der Waals surface area contributed by atoms with Crippen molar-refractivity contribution in [3.05, 3.63) is 40.5 Å². The van der Waals surface area contributed by atoms with E-state index in [0.717, 1.165) is 73.1 Å². The quantitative estimate of drug-likeness (QED) is 0.488. The van der Waals surface area contributed by atoms with Crippen LogP contribution in [-0.4, -0.2) is 57.5 Å². The van der Waals surface area contributed by atoms with E-state index in [0.29, 0.717) is 18.0 Å². The number of fused-ring (bicyclic) bond motifs is 2. The largest absolute Gasteiger partial charge is 0.460 e. The predicted octanol–water partition coefficient (Wildman–Crippen LogP) is 4.71. The second-order valence-electron chi connectivity index (χ2n) is 9.77. The lowest BCUT2D eigenvalue weighted by molar-refractivity contribution is -0.153. The first-order valence-electron chi connectivity index (χ1n) is 12.4. The number of thiazole rings is 1. The van der Waals surface area contributed by atoms with Crippen LogP contribution in [0.1, 0.15) is 53.0 Å². The molecule has 0 bridgehead atoms. The minimum Gasteiger partial charge on any atom is -0.460 e. The number of aromatic nitrogens is 3. The molecule has 1 fully saturated rings. The van der Waals surface area contributed by atoms with Gasteiger partial charge in [0.25, 0.3) is 11.1 Å². The Morgan fingerprint density at radius 2 is 2.06 bits per heavy atom. The van der Waals surface area contributed by atoms with E-state index in [4.69, 9.17) is 4.74 Å². The molecule has 1 saturated carbocycles. The Morgan fingerprint density at radius 3 is 2.83 bits per heavy atom. The van der Waals surface area contributed by atoms with Crippen molar-refractivity contribution < 1.29 is 22.7 Å². The Balaban J connectivity index is 1.06. The summed E-state index contributed by atoms with van der Waals surface area (Å²) in [5.41, 5.74) is 2.46. The summed E-state index contributed by atoms with van der Waals surface area (Å²) >= 11 is 1.23. The third-order valence-electron chi connectivity index (χ3n) is 7.22. The molecule has 3 heterocycles. The summed E-state index contributed by atoms with van der Waals surface area (Å²) in [5, 5.41) is 8.47. The van der Waals surface area contributed by atoms with E-state index in [1.165, 1.54) is 11.3 Å². The van der Waals surface area contributed by atoms with Crippen molar-refractivity contribution in [2.24, 2.45) is 13.0 Å². The van der Waals surface area contributed by atoms with Crippen LogP contribution in [0.2, 0.25) is 0 Å². The normalized spacial score (nSPS) is 20.9. The van der Waals surface area contributed by atoms with Crippen LogP contribution in [0, 0.1) is 5.92 Å². The third-order valence-corrected chi connectivity index (χ3v) is 8.29. The predicted molar refractivity (Wildman–Crippen MR) is 131 cm³/mol. The highest BCUT2D eigenvalue weighted by Crippen LogP contribution is 2.32. The minimum absolute atomic E-state index is 0.0389. The molecular formula is C25H30F3N5O2S. The van der Waals surface area contributed by atoms with Crippen LogP contribution >= 0.6 is 11.3 Å². The molecule has 2 aromatic heterocycles. The molecule has 0 radical (unpaired) electrons. The minimum atomic E-state index is -4.35. The average molecular weight is 522 g/mol. The Kier molecular flexibility index (Phi) is 7.21. The van der Waals surface area contributed by atoms with E-state index in [-0.39, 0.29) is 17.1 Å². The van der Waals surface area contributed by atoms with Crippen molar-refractivity contribution in [1.82, 2.24) is 25.0 Å². The lowest BCUT2D eigenvalue weighted by Gasteiger charge is -2.32. The first kappa shape index (κ1) is 25.0. The van der Waals surface area contributed by atoms with Crippen LogP contribution in [0.5, 0.6) is 5.19 Å². The van der Waals surface area contributed by atoms with Gasteiger partial charge in [0.15, 0.2) is 6.61 Å².